The van der Waals surface area contributed by atoms with Crippen molar-refractivity contribution in [2.45, 2.75) is 6.54 Å². The van der Waals surface area contributed by atoms with Crippen LogP contribution < -0.4 is 14.8 Å². The van der Waals surface area contributed by atoms with Crippen molar-refractivity contribution in [1.82, 2.24) is 0 Å². The van der Waals surface area contributed by atoms with Crippen molar-refractivity contribution in [2.75, 3.05) is 18.5 Å². The number of fused-ring (bicyclic) bond motifs is 1. The van der Waals surface area contributed by atoms with Gasteiger partial charge >= 0.3 is 0 Å². The summed E-state index contributed by atoms with van der Waals surface area (Å²) in [4.78, 5) is 0. The smallest absolute Gasteiger partial charge is 0.163 e. The summed E-state index contributed by atoms with van der Waals surface area (Å²) in [6, 6.07) is 9.43. The number of hydrogen-bond acceptors (Lipinski definition) is 3. The number of rotatable bonds is 3. The highest BCUT2D eigenvalue weighted by atomic mass is 79.9. The summed E-state index contributed by atoms with van der Waals surface area (Å²) < 4.78 is 11.9. The van der Waals surface area contributed by atoms with Crippen LogP contribution in [-0.2, 0) is 6.54 Å². The molecule has 0 amide bonds. The number of benzene rings is 2. The lowest BCUT2D eigenvalue weighted by Gasteiger charge is -2.20. The molecule has 0 saturated carbocycles. The van der Waals surface area contributed by atoms with Crippen molar-refractivity contribution < 1.29 is 9.47 Å². The summed E-state index contributed by atoms with van der Waals surface area (Å²) in [6.45, 7) is 1.74. The fourth-order valence-corrected chi connectivity index (χ4v) is 2.81. The number of halogens is 3. The van der Waals surface area contributed by atoms with Crippen LogP contribution in [0.2, 0.25) is 10.0 Å². The third-order valence-electron chi connectivity index (χ3n) is 3.10. The summed E-state index contributed by atoms with van der Waals surface area (Å²) >= 11 is 15.7. The molecular formula is C15H12BrCl2NO2. The second-order valence-corrected chi connectivity index (χ2v) is 6.25. The van der Waals surface area contributed by atoms with Gasteiger partial charge < -0.3 is 14.8 Å². The molecule has 1 aliphatic rings. The SMILES string of the molecule is Clc1ccc(CNc2cc3c(cc2Cl)OCCO3)cc1Br. The van der Waals surface area contributed by atoms with Crippen LogP contribution in [0.3, 0.4) is 0 Å². The van der Waals surface area contributed by atoms with Crippen molar-refractivity contribution in [1.29, 1.82) is 0 Å². The Morgan fingerprint density at radius 1 is 1.00 bits per heavy atom. The molecule has 0 bridgehead atoms. The molecule has 1 heterocycles. The third-order valence-corrected chi connectivity index (χ3v) is 4.63. The van der Waals surface area contributed by atoms with Crippen molar-refractivity contribution >= 4 is 44.8 Å². The van der Waals surface area contributed by atoms with Gasteiger partial charge in [-0.05, 0) is 33.6 Å². The zero-order valence-electron chi connectivity index (χ0n) is 11.0. The van der Waals surface area contributed by atoms with E-state index in [9.17, 15) is 0 Å². The first-order chi connectivity index (χ1) is 10.1. The van der Waals surface area contributed by atoms with Gasteiger partial charge in [-0.1, -0.05) is 29.3 Å². The van der Waals surface area contributed by atoms with Crippen molar-refractivity contribution in [2.24, 2.45) is 0 Å². The van der Waals surface area contributed by atoms with E-state index in [2.05, 4.69) is 21.2 Å². The minimum atomic E-state index is 0.551. The van der Waals surface area contributed by atoms with Crippen molar-refractivity contribution in [3.8, 4) is 11.5 Å². The lowest BCUT2D eigenvalue weighted by Crippen LogP contribution is -2.15. The van der Waals surface area contributed by atoms with Crippen LogP contribution in [0.5, 0.6) is 11.5 Å². The maximum absolute atomic E-state index is 6.26. The molecule has 110 valence electrons. The highest BCUT2D eigenvalue weighted by Crippen LogP contribution is 2.38. The fourth-order valence-electron chi connectivity index (χ4n) is 2.05. The molecule has 0 aromatic heterocycles. The summed E-state index contributed by atoms with van der Waals surface area (Å²) in [6.07, 6.45) is 0. The Morgan fingerprint density at radius 2 is 1.71 bits per heavy atom. The normalized spacial score (nSPS) is 13.1. The quantitative estimate of drug-likeness (QED) is 0.789. The van der Waals surface area contributed by atoms with Crippen molar-refractivity contribution in [3.05, 3.63) is 50.4 Å². The number of ether oxygens (including phenoxy) is 2. The zero-order chi connectivity index (χ0) is 14.8. The molecule has 2 aromatic carbocycles. The van der Waals surface area contributed by atoms with Gasteiger partial charge in [0.1, 0.15) is 13.2 Å². The molecular weight excluding hydrogens is 377 g/mol. The largest absolute Gasteiger partial charge is 0.486 e. The van der Waals surface area contributed by atoms with Gasteiger partial charge in [0.05, 0.1) is 15.7 Å². The van der Waals surface area contributed by atoms with Gasteiger partial charge in [0, 0.05) is 23.2 Å². The van der Waals surface area contributed by atoms with Crippen molar-refractivity contribution in [3.63, 3.8) is 0 Å². The van der Waals surface area contributed by atoms with Gasteiger partial charge in [-0.2, -0.15) is 0 Å². The maximum atomic E-state index is 6.26. The standard InChI is InChI=1S/C15H12BrCl2NO2/c16-10-5-9(1-2-11(10)17)8-19-13-7-15-14(6-12(13)18)20-3-4-21-15/h1-2,5-7,19H,3-4,8H2. The molecule has 0 unspecified atom stereocenters. The van der Waals surface area contributed by atoms with Crippen LogP contribution in [0.1, 0.15) is 5.56 Å². The van der Waals surface area contributed by atoms with E-state index < -0.39 is 0 Å². The first-order valence-corrected chi connectivity index (χ1v) is 7.95. The van der Waals surface area contributed by atoms with Gasteiger partial charge in [0.25, 0.3) is 0 Å². The van der Waals surface area contributed by atoms with Crippen LogP contribution in [0.15, 0.2) is 34.8 Å². The first kappa shape index (κ1) is 14.8. The average molecular weight is 389 g/mol. The van der Waals surface area contributed by atoms with Crippen LogP contribution in [0, 0.1) is 0 Å². The predicted molar refractivity (Wildman–Crippen MR) is 88.9 cm³/mol. The zero-order valence-corrected chi connectivity index (χ0v) is 14.1. The molecule has 0 saturated heterocycles. The van der Waals surface area contributed by atoms with E-state index >= 15 is 0 Å². The second-order valence-electron chi connectivity index (χ2n) is 4.58. The molecule has 6 heteroatoms. The van der Waals surface area contributed by atoms with Gasteiger partial charge in [-0.25, -0.2) is 0 Å². The molecule has 0 atom stereocenters. The van der Waals surface area contributed by atoms with E-state index in [1.54, 1.807) is 6.07 Å². The summed E-state index contributed by atoms with van der Waals surface area (Å²) in [5, 5.41) is 4.59. The topological polar surface area (TPSA) is 30.5 Å². The van der Waals surface area contributed by atoms with E-state index in [-0.39, 0.29) is 0 Å². The molecule has 1 aliphatic heterocycles. The molecule has 1 N–H and O–H groups in total. The van der Waals surface area contributed by atoms with Gasteiger partial charge in [0.2, 0.25) is 0 Å². The van der Waals surface area contributed by atoms with E-state index in [1.807, 2.05) is 24.3 Å². The minimum absolute atomic E-state index is 0.551. The second kappa shape index (κ2) is 6.34. The highest BCUT2D eigenvalue weighted by molar-refractivity contribution is 9.10. The van der Waals surface area contributed by atoms with Gasteiger partial charge in [-0.3, -0.25) is 0 Å². The van der Waals surface area contributed by atoms with E-state index in [0.29, 0.717) is 41.3 Å². The average Bonchev–Trinajstić information content (AvgIpc) is 2.48. The maximum Gasteiger partial charge on any atom is 0.163 e. The monoisotopic (exact) mass is 387 g/mol. The molecule has 0 fully saturated rings. The predicted octanol–water partition coefficient (Wildman–Crippen LogP) is 5.14. The third kappa shape index (κ3) is 3.39. The van der Waals surface area contributed by atoms with Crippen LogP contribution >= 0.6 is 39.1 Å². The Kier molecular flexibility index (Phi) is 4.48. The minimum Gasteiger partial charge on any atom is -0.486 e. The lowest BCUT2D eigenvalue weighted by atomic mass is 10.2. The molecule has 21 heavy (non-hydrogen) atoms. The molecule has 0 aliphatic carbocycles. The summed E-state index contributed by atoms with van der Waals surface area (Å²) in [7, 11) is 0. The number of hydrogen-bond donors (Lipinski definition) is 1. The highest BCUT2D eigenvalue weighted by Gasteiger charge is 2.15. The summed E-state index contributed by atoms with van der Waals surface area (Å²) in [5.74, 6) is 1.40. The number of anilines is 1. The Hall–Kier alpha value is -1.10. The van der Waals surface area contributed by atoms with Crippen LogP contribution in [-0.4, -0.2) is 13.2 Å². The Balaban J connectivity index is 1.77. The molecule has 3 rings (SSSR count). The van der Waals surface area contributed by atoms with Crippen LogP contribution in [0.25, 0.3) is 0 Å². The summed E-state index contributed by atoms with van der Waals surface area (Å²) in [5.41, 5.74) is 1.91. The van der Waals surface area contributed by atoms with E-state index in [1.165, 1.54) is 0 Å². The Labute approximate surface area is 141 Å². The first-order valence-electron chi connectivity index (χ1n) is 6.40. The fraction of sp³-hybridized carbons (Fsp3) is 0.200. The number of nitrogens with one attached hydrogen (secondary N) is 1. The van der Waals surface area contributed by atoms with Gasteiger partial charge in [-0.15, -0.1) is 0 Å². The Morgan fingerprint density at radius 3 is 2.43 bits per heavy atom. The Bertz CT molecular complexity index is 679. The lowest BCUT2D eigenvalue weighted by molar-refractivity contribution is 0.171. The molecule has 0 radical (unpaired) electrons. The molecule has 2 aromatic rings. The molecule has 0 spiro atoms. The molecule has 3 nitrogen and oxygen atoms in total. The van der Waals surface area contributed by atoms with E-state index in [4.69, 9.17) is 32.7 Å². The van der Waals surface area contributed by atoms with E-state index in [0.717, 1.165) is 15.7 Å². The van der Waals surface area contributed by atoms with Crippen LogP contribution in [0.4, 0.5) is 5.69 Å². The van der Waals surface area contributed by atoms with Gasteiger partial charge in [0.15, 0.2) is 11.5 Å².